The van der Waals surface area contributed by atoms with Crippen molar-refractivity contribution < 1.29 is 32.4 Å². The maximum Gasteiger partial charge on any atom is 0.282 e. The van der Waals surface area contributed by atoms with Crippen molar-refractivity contribution in [2.24, 2.45) is 32.5 Å². The van der Waals surface area contributed by atoms with Crippen molar-refractivity contribution in [1.82, 2.24) is 23.7 Å². The second-order valence-electron chi connectivity index (χ2n) is 21.0. The van der Waals surface area contributed by atoms with Crippen LogP contribution in [0.15, 0.2) is 40.0 Å². The van der Waals surface area contributed by atoms with Gasteiger partial charge in [-0.15, -0.1) is 0 Å². The molecule has 0 bridgehead atoms. The average molecular weight is 989 g/mol. The van der Waals surface area contributed by atoms with Gasteiger partial charge in [-0.2, -0.15) is 17.0 Å². The highest BCUT2D eigenvalue weighted by Crippen LogP contribution is 2.59. The normalized spacial score (nSPS) is 26.0. The first kappa shape index (κ1) is 53.1. The summed E-state index contributed by atoms with van der Waals surface area (Å²) in [6.45, 7) is 9.22. The number of anilines is 2. The fraction of sp³-hybridized carbons (Fsp3) is 0.712. The van der Waals surface area contributed by atoms with E-state index in [4.69, 9.17) is 10.7 Å². The van der Waals surface area contributed by atoms with Crippen LogP contribution in [-0.4, -0.2) is 141 Å². The van der Waals surface area contributed by atoms with Gasteiger partial charge in [0.15, 0.2) is 0 Å². The number of unbranched alkanes of at least 4 members (excludes halogenated alkanes) is 6. The minimum absolute atomic E-state index is 0.0947. The molecule has 2 aliphatic carbocycles. The van der Waals surface area contributed by atoms with Crippen molar-refractivity contribution in [2.45, 2.75) is 167 Å². The molecule has 18 heteroatoms. The molecule has 5 saturated heterocycles. The van der Waals surface area contributed by atoms with E-state index in [1.54, 1.807) is 14.8 Å². The maximum absolute atomic E-state index is 13.9. The molecule has 5 heterocycles. The number of likely N-dealkylation sites (tertiary alicyclic amines) is 2. The Labute approximate surface area is 416 Å². The van der Waals surface area contributed by atoms with E-state index in [2.05, 4.69) is 23.3 Å². The smallest absolute Gasteiger partial charge is 0.282 e. The van der Waals surface area contributed by atoms with Crippen LogP contribution in [0.5, 0.6) is 0 Å². The third-order valence-corrected chi connectivity index (χ3v) is 18.0. The van der Waals surface area contributed by atoms with E-state index >= 15 is 0 Å². The predicted molar refractivity (Wildman–Crippen MR) is 274 cm³/mol. The number of benzene rings is 1. The molecular weight excluding hydrogens is 909 g/mol. The lowest BCUT2D eigenvalue weighted by molar-refractivity contribution is -0.137. The van der Waals surface area contributed by atoms with Crippen LogP contribution >= 0.6 is 0 Å². The molecule has 2 saturated carbocycles. The van der Waals surface area contributed by atoms with Crippen molar-refractivity contribution in [3.05, 3.63) is 35.5 Å². The minimum Gasteiger partial charge on any atom is -0.390 e. The van der Waals surface area contributed by atoms with Crippen molar-refractivity contribution in [1.29, 1.82) is 0 Å². The highest BCUT2D eigenvalue weighted by Gasteiger charge is 2.64. The highest BCUT2D eigenvalue weighted by atomic mass is 32.2. The molecule has 3 unspecified atom stereocenters. The van der Waals surface area contributed by atoms with Gasteiger partial charge in [0.25, 0.3) is 10.2 Å². The molecule has 386 valence electrons. The fourth-order valence-corrected chi connectivity index (χ4v) is 13.8. The van der Waals surface area contributed by atoms with Gasteiger partial charge >= 0.3 is 0 Å². The molecule has 0 radical (unpaired) electrons. The van der Waals surface area contributed by atoms with Gasteiger partial charge in [0, 0.05) is 89.4 Å². The molecule has 7 aliphatic rings. The summed E-state index contributed by atoms with van der Waals surface area (Å²) in [6.07, 6.45) is 20.6. The van der Waals surface area contributed by atoms with Crippen LogP contribution < -0.4 is 20.9 Å². The van der Waals surface area contributed by atoms with Crippen molar-refractivity contribution in [3.63, 3.8) is 0 Å². The first-order valence-corrected chi connectivity index (χ1v) is 27.9. The van der Waals surface area contributed by atoms with E-state index in [1.165, 1.54) is 11.2 Å². The molecule has 3 atom stereocenters. The van der Waals surface area contributed by atoms with Gasteiger partial charge in [0.2, 0.25) is 30.0 Å². The lowest BCUT2D eigenvalue weighted by Gasteiger charge is -2.54. The van der Waals surface area contributed by atoms with Crippen LogP contribution in [-0.2, 0) is 40.6 Å². The number of nitrogens with one attached hydrogen (secondary N) is 1. The van der Waals surface area contributed by atoms with Crippen molar-refractivity contribution in [3.8, 4) is 0 Å². The van der Waals surface area contributed by atoms with E-state index in [0.29, 0.717) is 76.4 Å². The Hall–Kier alpha value is -4.68. The molecule has 3 N–H and O–H groups in total. The highest BCUT2D eigenvalue weighted by molar-refractivity contribution is 7.86. The van der Waals surface area contributed by atoms with E-state index in [0.717, 1.165) is 126 Å². The molecular formula is C52H80N10O7S. The quantitative estimate of drug-likeness (QED) is 0.0555. The number of carbonyl (C=O) groups is 5. The number of amidine groups is 1. The molecule has 1 aromatic rings. The summed E-state index contributed by atoms with van der Waals surface area (Å²) in [5.41, 5.74) is 8.43. The largest absolute Gasteiger partial charge is 0.390 e. The summed E-state index contributed by atoms with van der Waals surface area (Å²) in [4.78, 5) is 80.5. The Balaban J connectivity index is 0.00000356. The number of amides is 5. The van der Waals surface area contributed by atoms with Gasteiger partial charge in [-0.1, -0.05) is 65.4 Å². The second-order valence-corrected chi connectivity index (χ2v) is 23.0. The SMILES string of the molecule is CC.CC1CCCC1N1C(=O)C2(CC2)/C(=C/N=CN)C1=NC1CCN(S(=O)(=O)N2CC3(CCCN(C(=O)CCCCCCCCCc4ccc(N(C=O)C5CCC(=O)NC5=O)c(N(C)C)c4)C3)C2)CC1. The number of piperidine rings is 3. The van der Waals surface area contributed by atoms with E-state index < -0.39 is 27.6 Å². The third-order valence-electron chi connectivity index (χ3n) is 16.0. The van der Waals surface area contributed by atoms with Crippen molar-refractivity contribution in [2.75, 3.05) is 63.2 Å². The molecule has 17 nitrogen and oxygen atoms in total. The number of nitrogens with zero attached hydrogens (tertiary/aromatic N) is 8. The Kier molecular flexibility index (Phi) is 17.6. The topological polar surface area (TPSA) is 202 Å². The molecule has 7 fully saturated rings. The summed E-state index contributed by atoms with van der Waals surface area (Å²) >= 11 is 0. The average Bonchev–Trinajstić information content (AvgIpc) is 3.99. The number of rotatable bonds is 19. The van der Waals surface area contributed by atoms with Gasteiger partial charge < -0.3 is 20.4 Å². The monoisotopic (exact) mass is 989 g/mol. The molecule has 70 heavy (non-hydrogen) atoms. The third kappa shape index (κ3) is 11.5. The molecule has 1 aromatic carbocycles. The summed E-state index contributed by atoms with van der Waals surface area (Å²) in [5.74, 6) is 0.669. The summed E-state index contributed by atoms with van der Waals surface area (Å²) in [5, 5.41) is 2.35. The Morgan fingerprint density at radius 2 is 1.57 bits per heavy atom. The van der Waals surface area contributed by atoms with Gasteiger partial charge in [-0.3, -0.25) is 39.2 Å². The number of hydrogen-bond donors (Lipinski definition) is 2. The Morgan fingerprint density at radius 3 is 2.20 bits per heavy atom. The summed E-state index contributed by atoms with van der Waals surface area (Å²) in [7, 11) is 0.178. The molecule has 0 aromatic heterocycles. The van der Waals surface area contributed by atoms with E-state index in [1.807, 2.05) is 54.8 Å². The molecule has 5 amide bonds. The van der Waals surface area contributed by atoms with E-state index in [9.17, 15) is 32.4 Å². The number of aryl methyl sites for hydroxylation is 1. The van der Waals surface area contributed by atoms with Crippen LogP contribution in [0.25, 0.3) is 0 Å². The number of carbonyl (C=O) groups excluding carboxylic acids is 5. The minimum atomic E-state index is -3.65. The zero-order chi connectivity index (χ0) is 50.2. The molecule has 8 rings (SSSR count). The summed E-state index contributed by atoms with van der Waals surface area (Å²) in [6, 6.07) is 5.29. The molecule has 5 aliphatic heterocycles. The lowest BCUT2D eigenvalue weighted by atomic mass is 9.75. The second kappa shape index (κ2) is 23.2. The van der Waals surface area contributed by atoms with Crippen LogP contribution in [0.4, 0.5) is 11.4 Å². The van der Waals surface area contributed by atoms with Gasteiger partial charge in [-0.05, 0) is 101 Å². The van der Waals surface area contributed by atoms with Crippen molar-refractivity contribution >= 4 is 63.8 Å². The summed E-state index contributed by atoms with van der Waals surface area (Å²) < 4.78 is 31.1. The number of nitrogens with two attached hydrogens (primary N) is 1. The van der Waals surface area contributed by atoms with Crippen LogP contribution in [0.3, 0.4) is 0 Å². The number of hydrogen-bond acceptors (Lipinski definition) is 10. The zero-order valence-corrected chi connectivity index (χ0v) is 43.4. The predicted octanol–water partition coefficient (Wildman–Crippen LogP) is 5.92. The fourth-order valence-electron chi connectivity index (χ4n) is 11.9. The number of aliphatic imine (C=N–C) groups is 2. The Morgan fingerprint density at radius 1 is 0.871 bits per heavy atom. The van der Waals surface area contributed by atoms with Crippen LogP contribution in [0.2, 0.25) is 0 Å². The standard InChI is InChI=1S/C50H74N10O7S.C2H6/c1-36-13-11-15-40(36)60-46(39(30-52-34-51)50(24-25-50)48(60)65)53-38-21-27-57(28-22-38)68(66,67)58-32-49(33-58)23-12-26-56(31-49)45(63)16-10-8-6-4-5-7-9-14-37-17-18-41(43(29-37)55(2)3)59(35-61)42-19-20-44(62)54-47(42)64;1-2/h17-18,29-30,34-36,38,40,42H,4-16,19-28,31-33H2,1-3H3,(H2,51,52)(H,54,62,64);1-2H3/b39-30+,53-46?;. The first-order valence-electron chi connectivity index (χ1n) is 26.5. The van der Waals surface area contributed by atoms with Crippen LogP contribution in [0, 0.1) is 16.7 Å². The zero-order valence-electron chi connectivity index (χ0n) is 42.6. The molecule has 2 spiro atoms. The van der Waals surface area contributed by atoms with Gasteiger partial charge in [-0.25, -0.2) is 4.99 Å². The van der Waals surface area contributed by atoms with Gasteiger partial charge in [0.05, 0.1) is 29.2 Å². The number of imide groups is 1. The van der Waals surface area contributed by atoms with E-state index in [-0.39, 0.29) is 41.6 Å². The maximum atomic E-state index is 13.9. The lowest BCUT2D eigenvalue weighted by Crippen LogP contribution is -2.66. The van der Waals surface area contributed by atoms with Crippen LogP contribution in [0.1, 0.15) is 148 Å². The Bertz CT molecular complexity index is 2260. The first-order chi connectivity index (χ1) is 33.7. The van der Waals surface area contributed by atoms with Gasteiger partial charge in [0.1, 0.15) is 11.9 Å².